The van der Waals surface area contributed by atoms with Crippen LogP contribution in [0.2, 0.25) is 0 Å². The van der Waals surface area contributed by atoms with E-state index in [-0.39, 0.29) is 5.78 Å². The first-order chi connectivity index (χ1) is 11.9. The number of benzene rings is 2. The molecule has 0 fully saturated rings. The minimum Gasteiger partial charge on any atom is -0.279 e. The maximum atomic E-state index is 12.6. The molecule has 0 saturated carbocycles. The summed E-state index contributed by atoms with van der Waals surface area (Å²) in [6, 6.07) is 11.4. The van der Waals surface area contributed by atoms with Crippen LogP contribution in [-0.2, 0) is 6.18 Å². The molecule has 0 aliphatic heterocycles. The van der Waals surface area contributed by atoms with E-state index in [1.165, 1.54) is 12.1 Å². The van der Waals surface area contributed by atoms with Crippen LogP contribution in [-0.4, -0.2) is 5.78 Å². The molecule has 0 bridgehead atoms. The molecular weight excluding hydrogens is 325 g/mol. The smallest absolute Gasteiger partial charge is 0.279 e. The van der Waals surface area contributed by atoms with Gasteiger partial charge in [0.1, 0.15) is 0 Å². The van der Waals surface area contributed by atoms with Crippen LogP contribution in [0.25, 0.3) is 0 Å². The SMILES string of the molecule is CCCC#CC(=O)c1ccccc1C#Cc1ccc(C(F)(F)F)cc1. The Kier molecular flexibility index (Phi) is 6.03. The fourth-order valence-electron chi connectivity index (χ4n) is 2.01. The van der Waals surface area contributed by atoms with Crippen molar-refractivity contribution in [3.63, 3.8) is 0 Å². The zero-order valence-electron chi connectivity index (χ0n) is 13.6. The summed E-state index contributed by atoms with van der Waals surface area (Å²) in [7, 11) is 0. The highest BCUT2D eigenvalue weighted by Gasteiger charge is 2.29. The number of alkyl halides is 3. The first-order valence-electron chi connectivity index (χ1n) is 7.73. The lowest BCUT2D eigenvalue weighted by molar-refractivity contribution is -0.137. The number of halogens is 3. The summed E-state index contributed by atoms with van der Waals surface area (Å²) in [5.41, 5.74) is 0.607. The number of hydrogen-bond acceptors (Lipinski definition) is 1. The summed E-state index contributed by atoms with van der Waals surface area (Å²) in [5.74, 6) is 10.7. The molecule has 0 aliphatic carbocycles. The molecule has 2 aromatic rings. The van der Waals surface area contributed by atoms with E-state index in [4.69, 9.17) is 0 Å². The zero-order chi connectivity index (χ0) is 18.3. The number of ketones is 1. The molecule has 0 atom stereocenters. The molecule has 0 spiro atoms. The lowest BCUT2D eigenvalue weighted by atomic mass is 10.0. The number of hydrogen-bond donors (Lipinski definition) is 0. The van der Waals surface area contributed by atoms with Gasteiger partial charge in [-0.05, 0) is 48.7 Å². The number of carbonyl (C=O) groups is 1. The number of carbonyl (C=O) groups excluding carboxylic acids is 1. The van der Waals surface area contributed by atoms with Crippen molar-refractivity contribution in [1.82, 2.24) is 0 Å². The molecule has 0 heterocycles. The molecule has 2 aromatic carbocycles. The monoisotopic (exact) mass is 340 g/mol. The minimum atomic E-state index is -4.37. The van der Waals surface area contributed by atoms with Crippen LogP contribution >= 0.6 is 0 Å². The molecule has 25 heavy (non-hydrogen) atoms. The molecule has 0 aromatic heterocycles. The summed E-state index contributed by atoms with van der Waals surface area (Å²) in [4.78, 5) is 12.1. The molecule has 0 saturated heterocycles. The van der Waals surface area contributed by atoms with E-state index in [0.717, 1.165) is 18.6 Å². The topological polar surface area (TPSA) is 17.1 Å². The van der Waals surface area contributed by atoms with Crippen molar-refractivity contribution in [3.8, 4) is 23.7 Å². The first kappa shape index (κ1) is 18.4. The van der Waals surface area contributed by atoms with E-state index in [1.54, 1.807) is 24.3 Å². The van der Waals surface area contributed by atoms with Gasteiger partial charge in [-0.25, -0.2) is 0 Å². The fraction of sp³-hybridized carbons (Fsp3) is 0.190. The van der Waals surface area contributed by atoms with Crippen LogP contribution in [0.3, 0.4) is 0 Å². The van der Waals surface area contributed by atoms with Gasteiger partial charge < -0.3 is 0 Å². The molecule has 0 N–H and O–H groups in total. The molecule has 0 unspecified atom stereocenters. The van der Waals surface area contributed by atoms with Gasteiger partial charge in [0, 0.05) is 23.1 Å². The maximum absolute atomic E-state index is 12.6. The summed E-state index contributed by atoms with van der Waals surface area (Å²) in [5, 5.41) is 0. The number of unbranched alkanes of at least 4 members (excludes halogenated alkanes) is 1. The third kappa shape index (κ3) is 5.26. The van der Waals surface area contributed by atoms with Gasteiger partial charge in [0.25, 0.3) is 0 Å². The first-order valence-corrected chi connectivity index (χ1v) is 7.73. The lowest BCUT2D eigenvalue weighted by Crippen LogP contribution is -2.04. The van der Waals surface area contributed by atoms with Crippen molar-refractivity contribution in [2.45, 2.75) is 25.9 Å². The van der Waals surface area contributed by atoms with E-state index >= 15 is 0 Å². The summed E-state index contributed by atoms with van der Waals surface area (Å²) >= 11 is 0. The van der Waals surface area contributed by atoms with Crippen LogP contribution in [0.1, 0.15) is 46.8 Å². The molecule has 1 nitrogen and oxygen atoms in total. The Morgan fingerprint density at radius 3 is 2.32 bits per heavy atom. The highest BCUT2D eigenvalue weighted by atomic mass is 19.4. The van der Waals surface area contributed by atoms with Crippen molar-refractivity contribution in [2.75, 3.05) is 0 Å². The Morgan fingerprint density at radius 1 is 1.00 bits per heavy atom. The van der Waals surface area contributed by atoms with Gasteiger partial charge in [0.15, 0.2) is 0 Å². The third-order valence-corrected chi connectivity index (χ3v) is 3.30. The van der Waals surface area contributed by atoms with Gasteiger partial charge in [-0.1, -0.05) is 36.8 Å². The standard InChI is InChI=1S/C21H15F3O/c1-2-3-4-9-20(25)19-8-6-5-7-17(19)13-10-16-11-14-18(15-12-16)21(22,23)24/h5-8,11-12,14-15H,2-3H2,1H3. The normalized spacial score (nSPS) is 10.2. The lowest BCUT2D eigenvalue weighted by Gasteiger charge is -2.05. The van der Waals surface area contributed by atoms with E-state index in [9.17, 15) is 18.0 Å². The Bertz CT molecular complexity index is 870. The highest BCUT2D eigenvalue weighted by Crippen LogP contribution is 2.28. The predicted molar refractivity (Wildman–Crippen MR) is 90.9 cm³/mol. The number of rotatable bonds is 2. The van der Waals surface area contributed by atoms with Gasteiger partial charge in [-0.2, -0.15) is 13.2 Å². The van der Waals surface area contributed by atoms with Crippen LogP contribution in [0.4, 0.5) is 13.2 Å². The van der Waals surface area contributed by atoms with E-state index in [2.05, 4.69) is 23.7 Å². The average molecular weight is 340 g/mol. The Labute approximate surface area is 144 Å². The highest BCUT2D eigenvalue weighted by molar-refractivity contribution is 6.10. The van der Waals surface area contributed by atoms with Crippen molar-refractivity contribution < 1.29 is 18.0 Å². The van der Waals surface area contributed by atoms with Crippen molar-refractivity contribution in [2.24, 2.45) is 0 Å². The average Bonchev–Trinajstić information content (AvgIpc) is 2.60. The van der Waals surface area contributed by atoms with E-state index in [0.29, 0.717) is 23.1 Å². The second kappa shape index (κ2) is 8.22. The Balaban J connectivity index is 2.26. The molecule has 126 valence electrons. The van der Waals surface area contributed by atoms with Gasteiger partial charge in [-0.3, -0.25) is 4.79 Å². The van der Waals surface area contributed by atoms with Gasteiger partial charge >= 0.3 is 6.18 Å². The van der Waals surface area contributed by atoms with Crippen molar-refractivity contribution in [3.05, 3.63) is 70.8 Å². The quantitative estimate of drug-likeness (QED) is 0.423. The summed E-state index contributed by atoms with van der Waals surface area (Å²) < 4.78 is 37.7. The third-order valence-electron chi connectivity index (χ3n) is 3.30. The molecule has 0 aliphatic rings. The van der Waals surface area contributed by atoms with Gasteiger partial charge in [0.2, 0.25) is 5.78 Å². The Hall–Kier alpha value is -2.98. The van der Waals surface area contributed by atoms with E-state index in [1.807, 2.05) is 6.92 Å². The largest absolute Gasteiger partial charge is 0.416 e. The Morgan fingerprint density at radius 2 is 1.68 bits per heavy atom. The molecular formula is C21H15F3O. The maximum Gasteiger partial charge on any atom is 0.416 e. The molecule has 0 amide bonds. The summed E-state index contributed by atoms with van der Waals surface area (Å²) in [6.45, 7) is 1.97. The molecule has 4 heteroatoms. The van der Waals surface area contributed by atoms with Crippen molar-refractivity contribution >= 4 is 5.78 Å². The molecule has 0 radical (unpaired) electrons. The zero-order valence-corrected chi connectivity index (χ0v) is 13.6. The van der Waals surface area contributed by atoms with Crippen LogP contribution < -0.4 is 0 Å². The van der Waals surface area contributed by atoms with Crippen molar-refractivity contribution in [1.29, 1.82) is 0 Å². The van der Waals surface area contributed by atoms with Gasteiger partial charge in [0.05, 0.1) is 5.56 Å². The van der Waals surface area contributed by atoms with E-state index < -0.39 is 11.7 Å². The van der Waals surface area contributed by atoms with Crippen LogP contribution in [0.5, 0.6) is 0 Å². The van der Waals surface area contributed by atoms with Crippen LogP contribution in [0, 0.1) is 23.7 Å². The van der Waals surface area contributed by atoms with Crippen LogP contribution in [0.15, 0.2) is 48.5 Å². The number of Topliss-reactive ketones (excluding diaryl/α,β-unsaturated/α-hetero) is 1. The second-order valence-electron chi connectivity index (χ2n) is 5.25. The fourth-order valence-corrected chi connectivity index (χ4v) is 2.01. The predicted octanol–water partition coefficient (Wildman–Crippen LogP) is 5.09. The van der Waals surface area contributed by atoms with Gasteiger partial charge in [-0.15, -0.1) is 0 Å². The second-order valence-corrected chi connectivity index (χ2v) is 5.25. The minimum absolute atomic E-state index is 0.314. The summed E-state index contributed by atoms with van der Waals surface area (Å²) in [6.07, 6.45) is -2.86. The molecule has 2 rings (SSSR count).